The molecule has 0 saturated heterocycles. The maximum atomic E-state index is 12.9. The Labute approximate surface area is 134 Å². The van der Waals surface area contributed by atoms with E-state index in [0.29, 0.717) is 11.5 Å². The van der Waals surface area contributed by atoms with Crippen LogP contribution in [0.15, 0.2) is 84.0 Å². The number of rotatable bonds is 5. The molecule has 0 radical (unpaired) electrons. The van der Waals surface area contributed by atoms with Crippen LogP contribution < -0.4 is 10.2 Å². The van der Waals surface area contributed by atoms with E-state index in [-0.39, 0.29) is 5.82 Å². The standard InChI is InChI=1S/C19H15FN2O/c20-16-10-12-18(13-11-16)23-19-9-5-4-6-15(19)14-21-22-17-7-2-1-3-8-17/h1-14,22H. The Morgan fingerprint density at radius 3 is 2.30 bits per heavy atom. The van der Waals surface area contributed by atoms with E-state index in [1.165, 1.54) is 12.1 Å². The molecule has 0 fully saturated rings. The molecule has 114 valence electrons. The van der Waals surface area contributed by atoms with Crippen LogP contribution in [0.4, 0.5) is 10.1 Å². The first-order valence-electron chi connectivity index (χ1n) is 7.18. The number of anilines is 1. The predicted octanol–water partition coefficient (Wildman–Crippen LogP) is 5.06. The van der Waals surface area contributed by atoms with Gasteiger partial charge in [0.2, 0.25) is 0 Å². The van der Waals surface area contributed by atoms with Crippen molar-refractivity contribution in [2.75, 3.05) is 5.43 Å². The Morgan fingerprint density at radius 2 is 1.52 bits per heavy atom. The van der Waals surface area contributed by atoms with Gasteiger partial charge in [-0.05, 0) is 48.5 Å². The third-order valence-electron chi connectivity index (χ3n) is 3.13. The van der Waals surface area contributed by atoms with E-state index in [0.717, 1.165) is 11.3 Å². The van der Waals surface area contributed by atoms with Gasteiger partial charge in [0.05, 0.1) is 11.9 Å². The largest absolute Gasteiger partial charge is 0.457 e. The number of hydrogen-bond acceptors (Lipinski definition) is 3. The lowest BCUT2D eigenvalue weighted by molar-refractivity contribution is 0.480. The van der Waals surface area contributed by atoms with Crippen LogP contribution in [0.5, 0.6) is 11.5 Å². The van der Waals surface area contributed by atoms with Gasteiger partial charge in [-0.15, -0.1) is 0 Å². The average Bonchev–Trinajstić information content (AvgIpc) is 2.59. The second-order valence-electron chi connectivity index (χ2n) is 4.83. The summed E-state index contributed by atoms with van der Waals surface area (Å²) in [4.78, 5) is 0. The number of hydrogen-bond donors (Lipinski definition) is 1. The molecule has 3 rings (SSSR count). The molecule has 0 amide bonds. The van der Waals surface area contributed by atoms with E-state index in [1.54, 1.807) is 18.3 Å². The smallest absolute Gasteiger partial charge is 0.136 e. The Balaban J connectivity index is 1.74. The van der Waals surface area contributed by atoms with E-state index in [2.05, 4.69) is 10.5 Å². The second kappa shape index (κ2) is 7.22. The fourth-order valence-electron chi connectivity index (χ4n) is 2.00. The van der Waals surface area contributed by atoms with Crippen molar-refractivity contribution in [1.82, 2.24) is 0 Å². The normalized spacial score (nSPS) is 10.7. The van der Waals surface area contributed by atoms with Gasteiger partial charge in [0, 0.05) is 5.56 Å². The number of halogens is 1. The lowest BCUT2D eigenvalue weighted by atomic mass is 10.2. The Bertz CT molecular complexity index is 786. The number of nitrogens with one attached hydrogen (secondary N) is 1. The molecule has 0 spiro atoms. The minimum Gasteiger partial charge on any atom is -0.457 e. The molecule has 1 N–H and O–H groups in total. The minimum atomic E-state index is -0.292. The van der Waals surface area contributed by atoms with Gasteiger partial charge >= 0.3 is 0 Å². The summed E-state index contributed by atoms with van der Waals surface area (Å²) >= 11 is 0. The van der Waals surface area contributed by atoms with E-state index < -0.39 is 0 Å². The third-order valence-corrected chi connectivity index (χ3v) is 3.13. The van der Waals surface area contributed by atoms with Crippen LogP contribution in [0.25, 0.3) is 0 Å². The van der Waals surface area contributed by atoms with Gasteiger partial charge in [-0.2, -0.15) is 5.10 Å². The summed E-state index contributed by atoms with van der Waals surface area (Å²) in [5.41, 5.74) is 4.68. The van der Waals surface area contributed by atoms with Crippen molar-refractivity contribution in [1.29, 1.82) is 0 Å². The van der Waals surface area contributed by atoms with Gasteiger partial charge in [-0.1, -0.05) is 30.3 Å². The molecule has 23 heavy (non-hydrogen) atoms. The van der Waals surface area contributed by atoms with Gasteiger partial charge in [0.15, 0.2) is 0 Å². The summed E-state index contributed by atoms with van der Waals surface area (Å²) in [5.74, 6) is 0.931. The van der Waals surface area contributed by atoms with Gasteiger partial charge in [-0.3, -0.25) is 5.43 Å². The lowest BCUT2D eigenvalue weighted by Crippen LogP contribution is -1.93. The highest BCUT2D eigenvalue weighted by atomic mass is 19.1. The first-order valence-corrected chi connectivity index (χ1v) is 7.18. The van der Waals surface area contributed by atoms with Crippen molar-refractivity contribution in [3.63, 3.8) is 0 Å². The molecule has 3 aromatic carbocycles. The monoisotopic (exact) mass is 306 g/mol. The maximum absolute atomic E-state index is 12.9. The predicted molar refractivity (Wildman–Crippen MR) is 90.6 cm³/mol. The van der Waals surface area contributed by atoms with Crippen molar-refractivity contribution >= 4 is 11.9 Å². The summed E-state index contributed by atoms with van der Waals surface area (Å²) in [6, 6.07) is 23.1. The number of hydrazone groups is 1. The molecular formula is C19H15FN2O. The van der Waals surface area contributed by atoms with Crippen molar-refractivity contribution in [2.45, 2.75) is 0 Å². The van der Waals surface area contributed by atoms with Gasteiger partial charge in [0.25, 0.3) is 0 Å². The molecule has 0 aliphatic heterocycles. The summed E-state index contributed by atoms with van der Waals surface area (Å²) < 4.78 is 18.7. The molecular weight excluding hydrogens is 291 g/mol. The Morgan fingerprint density at radius 1 is 0.826 bits per heavy atom. The van der Waals surface area contributed by atoms with Crippen molar-refractivity contribution in [3.05, 3.63) is 90.2 Å². The fourth-order valence-corrected chi connectivity index (χ4v) is 2.00. The summed E-state index contributed by atoms with van der Waals surface area (Å²) in [6.45, 7) is 0. The summed E-state index contributed by atoms with van der Waals surface area (Å²) in [6.07, 6.45) is 1.69. The second-order valence-corrected chi connectivity index (χ2v) is 4.83. The van der Waals surface area contributed by atoms with Crippen LogP contribution in [0, 0.1) is 5.82 Å². The topological polar surface area (TPSA) is 33.6 Å². The SMILES string of the molecule is Fc1ccc(Oc2ccccc2C=NNc2ccccc2)cc1. The zero-order chi connectivity index (χ0) is 15.9. The van der Waals surface area contributed by atoms with Crippen molar-refractivity contribution in [3.8, 4) is 11.5 Å². The molecule has 0 unspecified atom stereocenters. The molecule has 0 aromatic heterocycles. The van der Waals surface area contributed by atoms with Gasteiger partial charge < -0.3 is 4.74 Å². The third kappa shape index (κ3) is 4.17. The zero-order valence-corrected chi connectivity index (χ0v) is 12.3. The van der Waals surface area contributed by atoms with Crippen molar-refractivity contribution in [2.24, 2.45) is 5.10 Å². The van der Waals surface area contributed by atoms with Gasteiger partial charge in [-0.25, -0.2) is 4.39 Å². The van der Waals surface area contributed by atoms with E-state index in [4.69, 9.17) is 4.74 Å². The highest BCUT2D eigenvalue weighted by molar-refractivity contribution is 5.84. The average molecular weight is 306 g/mol. The van der Waals surface area contributed by atoms with Crippen molar-refractivity contribution < 1.29 is 9.13 Å². The fraction of sp³-hybridized carbons (Fsp3) is 0. The summed E-state index contributed by atoms with van der Waals surface area (Å²) in [7, 11) is 0. The zero-order valence-electron chi connectivity index (χ0n) is 12.3. The highest BCUT2D eigenvalue weighted by Gasteiger charge is 2.02. The first-order chi connectivity index (χ1) is 11.3. The van der Waals surface area contributed by atoms with Crippen LogP contribution in [-0.4, -0.2) is 6.21 Å². The molecule has 0 saturated carbocycles. The van der Waals surface area contributed by atoms with Crippen LogP contribution in [-0.2, 0) is 0 Å². The number of para-hydroxylation sites is 2. The quantitative estimate of drug-likeness (QED) is 0.528. The molecule has 3 nitrogen and oxygen atoms in total. The molecule has 4 heteroatoms. The molecule has 0 bridgehead atoms. The van der Waals surface area contributed by atoms with Crippen LogP contribution in [0.3, 0.4) is 0 Å². The van der Waals surface area contributed by atoms with E-state index >= 15 is 0 Å². The molecule has 0 aliphatic rings. The van der Waals surface area contributed by atoms with E-state index in [9.17, 15) is 4.39 Å². The highest BCUT2D eigenvalue weighted by Crippen LogP contribution is 2.24. The lowest BCUT2D eigenvalue weighted by Gasteiger charge is -2.08. The maximum Gasteiger partial charge on any atom is 0.136 e. The van der Waals surface area contributed by atoms with Crippen LogP contribution in [0.1, 0.15) is 5.56 Å². The van der Waals surface area contributed by atoms with Gasteiger partial charge in [0.1, 0.15) is 17.3 Å². The number of nitrogens with zero attached hydrogens (tertiary/aromatic N) is 1. The first kappa shape index (κ1) is 14.8. The Kier molecular flexibility index (Phi) is 4.64. The van der Waals surface area contributed by atoms with E-state index in [1.807, 2.05) is 54.6 Å². The van der Waals surface area contributed by atoms with Crippen LogP contribution in [0.2, 0.25) is 0 Å². The van der Waals surface area contributed by atoms with Crippen LogP contribution >= 0.6 is 0 Å². The number of ether oxygens (including phenoxy) is 1. The molecule has 3 aromatic rings. The number of benzene rings is 3. The molecule has 0 heterocycles. The summed E-state index contributed by atoms with van der Waals surface area (Å²) in [5, 5.41) is 4.21. The Hall–Kier alpha value is -3.14. The molecule has 0 aliphatic carbocycles. The minimum absolute atomic E-state index is 0.292. The molecule has 0 atom stereocenters.